The van der Waals surface area contributed by atoms with Gasteiger partial charge in [0.2, 0.25) is 6.79 Å². The van der Waals surface area contributed by atoms with Crippen LogP contribution >= 0.6 is 11.8 Å². The molecule has 0 spiro atoms. The molecule has 0 fully saturated rings. The van der Waals surface area contributed by atoms with Crippen LogP contribution in [0.1, 0.15) is 11.7 Å². The number of aliphatic hydroxyl groups is 1. The molecule has 2 amide bonds. The molecule has 3 rings (SSSR count). The summed E-state index contributed by atoms with van der Waals surface area (Å²) in [6.07, 6.45) is 1.07. The molecule has 0 aromatic heterocycles. The maximum atomic E-state index is 12.0. The van der Waals surface area contributed by atoms with Gasteiger partial charge in [-0.15, -0.1) is 11.8 Å². The summed E-state index contributed by atoms with van der Waals surface area (Å²) in [5.74, 6) is -0.563. The van der Waals surface area contributed by atoms with E-state index in [2.05, 4.69) is 10.6 Å². The summed E-state index contributed by atoms with van der Waals surface area (Å²) in [4.78, 5) is 25.0. The molecule has 7 nitrogen and oxygen atoms in total. The molecule has 0 aliphatic carbocycles. The molecule has 8 heteroatoms. The van der Waals surface area contributed by atoms with Crippen LogP contribution in [0.3, 0.4) is 0 Å². The smallest absolute Gasteiger partial charge is 0.313 e. The van der Waals surface area contributed by atoms with Gasteiger partial charge in [-0.05, 0) is 36.1 Å². The second-order valence-corrected chi connectivity index (χ2v) is 6.40. The van der Waals surface area contributed by atoms with Crippen molar-refractivity contribution < 1.29 is 24.2 Å². The number of benzene rings is 2. The van der Waals surface area contributed by atoms with Crippen LogP contribution in [0.5, 0.6) is 11.5 Å². The van der Waals surface area contributed by atoms with Crippen molar-refractivity contribution in [3.8, 4) is 11.5 Å². The number of nitrogens with one attached hydrogen (secondary N) is 2. The molecule has 136 valence electrons. The van der Waals surface area contributed by atoms with Gasteiger partial charge in [-0.3, -0.25) is 9.59 Å². The molecule has 2 aromatic rings. The molecular weight excluding hydrogens is 356 g/mol. The summed E-state index contributed by atoms with van der Waals surface area (Å²) in [7, 11) is 0. The van der Waals surface area contributed by atoms with Gasteiger partial charge in [-0.2, -0.15) is 0 Å². The predicted octanol–water partition coefficient (Wildman–Crippen LogP) is 1.93. The van der Waals surface area contributed by atoms with Crippen molar-refractivity contribution in [2.45, 2.75) is 11.0 Å². The monoisotopic (exact) mass is 374 g/mol. The molecule has 1 aliphatic rings. The number of fused-ring (bicyclic) bond motifs is 1. The highest BCUT2D eigenvalue weighted by Crippen LogP contribution is 2.34. The van der Waals surface area contributed by atoms with Gasteiger partial charge in [0.15, 0.2) is 11.5 Å². The first-order valence-electron chi connectivity index (χ1n) is 7.87. The normalized spacial score (nSPS) is 13.2. The lowest BCUT2D eigenvalue weighted by molar-refractivity contribution is -0.136. The highest BCUT2D eigenvalue weighted by molar-refractivity contribution is 7.98. The maximum absolute atomic E-state index is 12.0. The zero-order valence-electron chi connectivity index (χ0n) is 14.0. The summed E-state index contributed by atoms with van der Waals surface area (Å²) in [6, 6.07) is 12.2. The van der Waals surface area contributed by atoms with E-state index in [0.717, 1.165) is 4.90 Å². The van der Waals surface area contributed by atoms with Gasteiger partial charge in [-0.25, -0.2) is 0 Å². The van der Waals surface area contributed by atoms with E-state index in [4.69, 9.17) is 9.47 Å². The fraction of sp³-hybridized carbons (Fsp3) is 0.222. The number of thioether (sulfide) groups is 1. The van der Waals surface area contributed by atoms with Crippen LogP contribution in [0, 0.1) is 0 Å². The van der Waals surface area contributed by atoms with E-state index in [1.807, 2.05) is 18.4 Å². The average Bonchev–Trinajstić information content (AvgIpc) is 3.13. The zero-order valence-corrected chi connectivity index (χ0v) is 14.8. The highest BCUT2D eigenvalue weighted by atomic mass is 32.2. The Hall–Kier alpha value is -2.71. The first-order valence-corrected chi connectivity index (χ1v) is 9.10. The van der Waals surface area contributed by atoms with E-state index in [1.165, 1.54) is 0 Å². The number of rotatable bonds is 5. The lowest BCUT2D eigenvalue weighted by atomic mass is 10.1. The summed E-state index contributed by atoms with van der Waals surface area (Å²) in [6.45, 7) is 0.0645. The molecule has 0 bridgehead atoms. The molecule has 0 saturated carbocycles. The summed E-state index contributed by atoms with van der Waals surface area (Å²) >= 11 is 1.60. The Balaban J connectivity index is 1.51. The summed E-state index contributed by atoms with van der Waals surface area (Å²) in [5.41, 5.74) is 1.09. The molecule has 3 N–H and O–H groups in total. The number of ether oxygens (including phenoxy) is 2. The molecule has 1 atom stereocenters. The Morgan fingerprint density at radius 2 is 1.85 bits per heavy atom. The minimum atomic E-state index is -0.895. The van der Waals surface area contributed by atoms with Crippen LogP contribution in [0.2, 0.25) is 0 Å². The molecule has 1 heterocycles. The van der Waals surface area contributed by atoms with E-state index in [-0.39, 0.29) is 13.3 Å². The third-order valence-electron chi connectivity index (χ3n) is 3.79. The summed E-state index contributed by atoms with van der Waals surface area (Å²) in [5, 5.41) is 15.0. The van der Waals surface area contributed by atoms with Crippen molar-refractivity contribution in [3.63, 3.8) is 0 Å². The van der Waals surface area contributed by atoms with E-state index >= 15 is 0 Å². The SMILES string of the molecule is CSc1ccc(C(O)CNC(=O)C(=O)Nc2ccc3c(c2)OCO3)cc1. The van der Waals surface area contributed by atoms with Gasteiger partial charge < -0.3 is 25.2 Å². The largest absolute Gasteiger partial charge is 0.454 e. The quantitative estimate of drug-likeness (QED) is 0.547. The molecule has 1 aliphatic heterocycles. The summed E-state index contributed by atoms with van der Waals surface area (Å²) < 4.78 is 10.4. The number of aliphatic hydroxyl groups excluding tert-OH is 1. The molecule has 1 unspecified atom stereocenters. The standard InChI is InChI=1S/C18H18N2O5S/c1-26-13-5-2-11(3-6-13)14(21)9-19-17(22)18(23)20-12-4-7-15-16(8-12)25-10-24-15/h2-8,14,21H,9-10H2,1H3,(H,19,22)(H,20,23). The molecule has 0 radical (unpaired) electrons. The van der Waals surface area contributed by atoms with Gasteiger partial charge in [0.05, 0.1) is 6.10 Å². The van der Waals surface area contributed by atoms with E-state index < -0.39 is 17.9 Å². The van der Waals surface area contributed by atoms with Crippen molar-refractivity contribution in [3.05, 3.63) is 48.0 Å². The number of hydrogen-bond donors (Lipinski definition) is 3. The lowest BCUT2D eigenvalue weighted by Gasteiger charge is -2.13. The number of hydrogen-bond acceptors (Lipinski definition) is 6. The van der Waals surface area contributed by atoms with E-state index in [0.29, 0.717) is 22.7 Å². The first kappa shape index (κ1) is 18.1. The van der Waals surface area contributed by atoms with Crippen LogP contribution in [-0.2, 0) is 9.59 Å². The second-order valence-electron chi connectivity index (χ2n) is 5.52. The predicted molar refractivity (Wildman–Crippen MR) is 97.4 cm³/mol. The van der Waals surface area contributed by atoms with Crippen molar-refractivity contribution in [1.82, 2.24) is 5.32 Å². The van der Waals surface area contributed by atoms with Gasteiger partial charge in [-0.1, -0.05) is 12.1 Å². The van der Waals surface area contributed by atoms with Gasteiger partial charge in [0.1, 0.15) is 0 Å². The molecular formula is C18H18N2O5S. The van der Waals surface area contributed by atoms with Gasteiger partial charge in [0, 0.05) is 23.2 Å². The molecule has 26 heavy (non-hydrogen) atoms. The van der Waals surface area contributed by atoms with Crippen LogP contribution in [0.4, 0.5) is 5.69 Å². The minimum absolute atomic E-state index is 0.0635. The Morgan fingerprint density at radius 3 is 2.58 bits per heavy atom. The van der Waals surface area contributed by atoms with Crippen LogP contribution in [-0.4, -0.2) is 36.5 Å². The number of anilines is 1. The van der Waals surface area contributed by atoms with Crippen LogP contribution < -0.4 is 20.1 Å². The maximum Gasteiger partial charge on any atom is 0.313 e. The van der Waals surface area contributed by atoms with Crippen LogP contribution in [0.25, 0.3) is 0 Å². The third-order valence-corrected chi connectivity index (χ3v) is 4.54. The Morgan fingerprint density at radius 1 is 1.12 bits per heavy atom. The zero-order chi connectivity index (χ0) is 18.5. The topological polar surface area (TPSA) is 96.9 Å². The van der Waals surface area contributed by atoms with E-state index in [1.54, 1.807) is 42.1 Å². The Bertz CT molecular complexity index is 810. The number of carbonyl (C=O) groups excluding carboxylic acids is 2. The van der Waals surface area contributed by atoms with Crippen molar-refractivity contribution >= 4 is 29.3 Å². The van der Waals surface area contributed by atoms with Crippen molar-refractivity contribution in [2.75, 3.05) is 24.9 Å². The van der Waals surface area contributed by atoms with E-state index in [9.17, 15) is 14.7 Å². The van der Waals surface area contributed by atoms with Crippen LogP contribution in [0.15, 0.2) is 47.4 Å². The van der Waals surface area contributed by atoms with Crippen molar-refractivity contribution in [2.24, 2.45) is 0 Å². The van der Waals surface area contributed by atoms with Crippen molar-refractivity contribution in [1.29, 1.82) is 0 Å². The van der Waals surface area contributed by atoms with Gasteiger partial charge >= 0.3 is 11.8 Å². The fourth-order valence-corrected chi connectivity index (χ4v) is 2.78. The third kappa shape index (κ3) is 4.27. The Labute approximate surface area is 154 Å². The fourth-order valence-electron chi connectivity index (χ4n) is 2.38. The Kier molecular flexibility index (Phi) is 5.65. The lowest BCUT2D eigenvalue weighted by Crippen LogP contribution is -2.37. The average molecular weight is 374 g/mol. The second kappa shape index (κ2) is 8.11. The van der Waals surface area contributed by atoms with Gasteiger partial charge in [0.25, 0.3) is 0 Å². The number of carbonyl (C=O) groups is 2. The number of amides is 2. The highest BCUT2D eigenvalue weighted by Gasteiger charge is 2.18. The minimum Gasteiger partial charge on any atom is -0.454 e. The molecule has 0 saturated heterocycles. The first-order chi connectivity index (χ1) is 12.6. The molecule has 2 aromatic carbocycles.